The maximum atomic E-state index is 12.4. The Balaban J connectivity index is 1.79. The Hall–Kier alpha value is -3.88. The zero-order valence-corrected chi connectivity index (χ0v) is 20.3. The highest BCUT2D eigenvalue weighted by Crippen LogP contribution is 2.22. The van der Waals surface area contributed by atoms with Gasteiger partial charge >= 0.3 is 6.09 Å². The van der Waals surface area contributed by atoms with Gasteiger partial charge in [-0.05, 0) is 50.6 Å². The van der Waals surface area contributed by atoms with Crippen molar-refractivity contribution in [1.82, 2.24) is 25.7 Å². The van der Waals surface area contributed by atoms with E-state index in [2.05, 4.69) is 31.0 Å². The predicted molar refractivity (Wildman–Crippen MR) is 129 cm³/mol. The minimum Gasteiger partial charge on any atom is -0.444 e. The fraction of sp³-hybridized carbons (Fsp3) is 0.360. The number of aromatic nitrogens is 4. The van der Waals surface area contributed by atoms with Gasteiger partial charge < -0.3 is 15.4 Å². The van der Waals surface area contributed by atoms with E-state index in [1.807, 2.05) is 51.1 Å². The normalized spacial score (nSPS) is 12.5. The molecule has 1 unspecified atom stereocenters. The van der Waals surface area contributed by atoms with Gasteiger partial charge in [0.15, 0.2) is 5.82 Å². The van der Waals surface area contributed by atoms with E-state index in [0.29, 0.717) is 17.1 Å². The lowest BCUT2D eigenvalue weighted by Gasteiger charge is -2.23. The molecule has 1 heterocycles. The lowest BCUT2D eigenvalue weighted by atomic mass is 9.95. The van der Waals surface area contributed by atoms with Crippen molar-refractivity contribution < 1.29 is 14.3 Å². The standard InChI is InChI=1S/C25H30N6O3/c1-24(2,3)22(32)26-18-14-12-17(13-15-18)20-28-30-21(31-29-20)19(16-10-8-7-9-11-16)27-23(33)34-25(4,5)6/h7-15,19H,1-6H3,(H,26,32)(H,27,33). The molecular weight excluding hydrogens is 432 g/mol. The summed E-state index contributed by atoms with van der Waals surface area (Å²) in [6, 6.07) is 15.7. The van der Waals surface area contributed by atoms with Gasteiger partial charge in [0.05, 0.1) is 0 Å². The van der Waals surface area contributed by atoms with Crippen LogP contribution < -0.4 is 10.6 Å². The molecule has 178 valence electrons. The fourth-order valence-electron chi connectivity index (χ4n) is 2.86. The van der Waals surface area contributed by atoms with E-state index < -0.39 is 23.2 Å². The number of alkyl carbamates (subject to hydrolysis) is 1. The van der Waals surface area contributed by atoms with Crippen molar-refractivity contribution in [2.45, 2.75) is 53.2 Å². The van der Waals surface area contributed by atoms with Gasteiger partial charge in [0.1, 0.15) is 11.6 Å². The number of amides is 2. The average Bonchev–Trinajstić information content (AvgIpc) is 2.77. The first-order chi connectivity index (χ1) is 15.9. The Morgan fingerprint density at radius 3 is 1.94 bits per heavy atom. The molecule has 0 saturated heterocycles. The Morgan fingerprint density at radius 2 is 1.41 bits per heavy atom. The molecule has 3 aromatic rings. The lowest BCUT2D eigenvalue weighted by Crippen LogP contribution is -2.36. The van der Waals surface area contributed by atoms with E-state index in [4.69, 9.17) is 4.74 Å². The maximum Gasteiger partial charge on any atom is 0.408 e. The molecule has 0 bridgehead atoms. The smallest absolute Gasteiger partial charge is 0.408 e. The maximum absolute atomic E-state index is 12.4. The van der Waals surface area contributed by atoms with Gasteiger partial charge in [0, 0.05) is 16.7 Å². The monoisotopic (exact) mass is 462 g/mol. The number of nitrogens with one attached hydrogen (secondary N) is 2. The molecule has 34 heavy (non-hydrogen) atoms. The number of nitrogens with zero attached hydrogens (tertiary/aromatic N) is 4. The molecule has 0 saturated carbocycles. The Labute approximate surface area is 199 Å². The topological polar surface area (TPSA) is 119 Å². The number of carbonyl (C=O) groups is 2. The summed E-state index contributed by atoms with van der Waals surface area (Å²) in [5, 5.41) is 22.5. The van der Waals surface area contributed by atoms with Crippen LogP contribution >= 0.6 is 0 Å². The van der Waals surface area contributed by atoms with E-state index in [9.17, 15) is 9.59 Å². The molecular formula is C25H30N6O3. The van der Waals surface area contributed by atoms with Gasteiger partial charge in [0.2, 0.25) is 11.7 Å². The SMILES string of the molecule is CC(C)(C)OC(=O)NC(c1ccccc1)c1nnc(-c2ccc(NC(=O)C(C)(C)C)cc2)nn1. The van der Waals surface area contributed by atoms with Crippen LogP contribution in [0, 0.1) is 5.41 Å². The number of ether oxygens (including phenoxy) is 1. The first-order valence-corrected chi connectivity index (χ1v) is 11.0. The van der Waals surface area contributed by atoms with Crippen LogP contribution in [-0.4, -0.2) is 38.0 Å². The summed E-state index contributed by atoms with van der Waals surface area (Å²) in [5.74, 6) is 0.477. The van der Waals surface area contributed by atoms with Gasteiger partial charge in [-0.2, -0.15) is 0 Å². The summed E-state index contributed by atoms with van der Waals surface area (Å²) in [5.41, 5.74) is 0.992. The third-order valence-corrected chi connectivity index (χ3v) is 4.63. The molecule has 9 nitrogen and oxygen atoms in total. The third kappa shape index (κ3) is 6.81. The second kappa shape index (κ2) is 9.94. The summed E-state index contributed by atoms with van der Waals surface area (Å²) < 4.78 is 5.39. The fourth-order valence-corrected chi connectivity index (χ4v) is 2.86. The van der Waals surface area contributed by atoms with Gasteiger partial charge in [0.25, 0.3) is 0 Å². The van der Waals surface area contributed by atoms with Crippen LogP contribution in [0.2, 0.25) is 0 Å². The van der Waals surface area contributed by atoms with Crippen LogP contribution in [0.1, 0.15) is 59.0 Å². The molecule has 2 aromatic carbocycles. The molecule has 9 heteroatoms. The van der Waals surface area contributed by atoms with Gasteiger partial charge in [-0.15, -0.1) is 20.4 Å². The number of anilines is 1. The highest BCUT2D eigenvalue weighted by atomic mass is 16.6. The van der Waals surface area contributed by atoms with Crippen LogP contribution in [0.15, 0.2) is 54.6 Å². The molecule has 1 atom stereocenters. The molecule has 2 N–H and O–H groups in total. The van der Waals surface area contributed by atoms with Crippen LogP contribution in [0.4, 0.5) is 10.5 Å². The molecule has 1 aromatic heterocycles. The van der Waals surface area contributed by atoms with E-state index in [1.54, 1.807) is 45.0 Å². The van der Waals surface area contributed by atoms with Crippen molar-refractivity contribution >= 4 is 17.7 Å². The number of carbonyl (C=O) groups excluding carboxylic acids is 2. The zero-order valence-electron chi connectivity index (χ0n) is 20.3. The van der Waals surface area contributed by atoms with Crippen molar-refractivity contribution in [2.24, 2.45) is 5.41 Å². The van der Waals surface area contributed by atoms with Gasteiger partial charge in [-0.1, -0.05) is 51.1 Å². The molecule has 0 aliphatic heterocycles. The van der Waals surface area contributed by atoms with Crippen LogP contribution in [0.25, 0.3) is 11.4 Å². The Bertz CT molecular complexity index is 1120. The first-order valence-electron chi connectivity index (χ1n) is 11.0. The number of benzene rings is 2. The summed E-state index contributed by atoms with van der Waals surface area (Å²) in [6.07, 6.45) is -0.595. The van der Waals surface area contributed by atoms with Crippen molar-refractivity contribution in [1.29, 1.82) is 0 Å². The number of hydrogen-bond acceptors (Lipinski definition) is 7. The summed E-state index contributed by atoms with van der Waals surface area (Å²) in [4.78, 5) is 24.6. The van der Waals surface area contributed by atoms with Crippen LogP contribution in [0.5, 0.6) is 0 Å². The quantitative estimate of drug-likeness (QED) is 0.571. The lowest BCUT2D eigenvalue weighted by molar-refractivity contribution is -0.123. The van der Waals surface area contributed by atoms with Crippen molar-refractivity contribution in [3.8, 4) is 11.4 Å². The summed E-state index contributed by atoms with van der Waals surface area (Å²) >= 11 is 0. The van der Waals surface area contributed by atoms with E-state index in [1.165, 1.54) is 0 Å². The van der Waals surface area contributed by atoms with Crippen molar-refractivity contribution in [3.05, 3.63) is 66.0 Å². The zero-order chi connectivity index (χ0) is 24.9. The van der Waals surface area contributed by atoms with E-state index in [0.717, 1.165) is 5.56 Å². The predicted octanol–water partition coefficient (Wildman–Crippen LogP) is 4.53. The van der Waals surface area contributed by atoms with E-state index >= 15 is 0 Å². The minimum absolute atomic E-state index is 0.0753. The Morgan fingerprint density at radius 1 is 0.824 bits per heavy atom. The summed E-state index contributed by atoms with van der Waals surface area (Å²) in [7, 11) is 0. The molecule has 2 amide bonds. The molecule has 0 aliphatic carbocycles. The second-order valence-electron chi connectivity index (χ2n) is 9.85. The molecule has 0 radical (unpaired) electrons. The highest BCUT2D eigenvalue weighted by Gasteiger charge is 2.25. The molecule has 0 fully saturated rings. The van der Waals surface area contributed by atoms with Gasteiger partial charge in [-0.3, -0.25) is 4.79 Å². The Kier molecular flexibility index (Phi) is 7.24. The van der Waals surface area contributed by atoms with Crippen molar-refractivity contribution in [3.63, 3.8) is 0 Å². The van der Waals surface area contributed by atoms with Crippen LogP contribution in [-0.2, 0) is 9.53 Å². The number of rotatable bonds is 5. The molecule has 0 aliphatic rings. The minimum atomic E-state index is -0.680. The summed E-state index contributed by atoms with van der Waals surface area (Å²) in [6.45, 7) is 10.9. The number of hydrogen-bond donors (Lipinski definition) is 2. The first kappa shape index (κ1) is 24.8. The third-order valence-electron chi connectivity index (χ3n) is 4.63. The molecule has 0 spiro atoms. The van der Waals surface area contributed by atoms with E-state index in [-0.39, 0.29) is 11.7 Å². The van der Waals surface area contributed by atoms with Crippen molar-refractivity contribution in [2.75, 3.05) is 5.32 Å². The average molecular weight is 463 g/mol. The van der Waals surface area contributed by atoms with Gasteiger partial charge in [-0.25, -0.2) is 4.79 Å². The highest BCUT2D eigenvalue weighted by molar-refractivity contribution is 5.94. The molecule has 3 rings (SSSR count). The largest absolute Gasteiger partial charge is 0.444 e. The second-order valence-corrected chi connectivity index (χ2v) is 9.85. The van der Waals surface area contributed by atoms with Crippen LogP contribution in [0.3, 0.4) is 0 Å².